The van der Waals surface area contributed by atoms with Crippen LogP contribution in [0.5, 0.6) is 0 Å². The van der Waals surface area contributed by atoms with E-state index in [2.05, 4.69) is 74.1 Å². The number of rotatable bonds is 7. The Kier molecular flexibility index (Phi) is 8.11. The highest BCUT2D eigenvalue weighted by atomic mass is 16.5. The lowest BCUT2D eigenvalue weighted by Gasteiger charge is -2.42. The summed E-state index contributed by atoms with van der Waals surface area (Å²) in [4.78, 5) is 2.23. The first-order valence-corrected chi connectivity index (χ1v) is 10.3. The van der Waals surface area contributed by atoms with Gasteiger partial charge in [0.2, 0.25) is 0 Å². The average molecular weight is 397 g/mol. The van der Waals surface area contributed by atoms with Gasteiger partial charge in [-0.1, -0.05) is 68.3 Å². The van der Waals surface area contributed by atoms with Gasteiger partial charge in [-0.15, -0.1) is 0 Å². The minimum absolute atomic E-state index is 0.0380. The van der Waals surface area contributed by atoms with Crippen molar-refractivity contribution in [1.29, 1.82) is 0 Å². The van der Waals surface area contributed by atoms with E-state index in [1.54, 1.807) is 12.2 Å². The van der Waals surface area contributed by atoms with Gasteiger partial charge < -0.3 is 9.64 Å². The highest BCUT2D eigenvalue weighted by Gasteiger charge is 2.43. The number of nitrogens with zero attached hydrogens (tertiary/aromatic N) is 1. The number of allylic oxidation sites excluding steroid dienone is 15. The fourth-order valence-corrected chi connectivity index (χ4v) is 4.05. The molecule has 0 unspecified atom stereocenters. The van der Waals surface area contributed by atoms with E-state index in [0.29, 0.717) is 0 Å². The van der Waals surface area contributed by atoms with Crippen LogP contribution >= 0.6 is 0 Å². The van der Waals surface area contributed by atoms with Crippen LogP contribution in [0.1, 0.15) is 34.6 Å². The Bertz CT molecular complexity index is 976. The summed E-state index contributed by atoms with van der Waals surface area (Å²) in [5.74, 6) is 1.68. The molecule has 0 aromatic heterocycles. The smallest absolute Gasteiger partial charge is 0.255 e. The topological polar surface area (TPSA) is 12.5 Å². The van der Waals surface area contributed by atoms with E-state index in [4.69, 9.17) is 4.74 Å². The van der Waals surface area contributed by atoms with E-state index in [1.807, 2.05) is 39.8 Å². The highest BCUT2D eigenvalue weighted by Crippen LogP contribution is 2.45. The van der Waals surface area contributed by atoms with Crippen LogP contribution in [0.3, 0.4) is 0 Å². The van der Waals surface area contributed by atoms with Crippen LogP contribution in [0.2, 0.25) is 0 Å². The zero-order valence-electron chi connectivity index (χ0n) is 18.9. The maximum absolute atomic E-state index is 6.24. The number of hydrogen-bond acceptors (Lipinski definition) is 2. The zero-order chi connectivity index (χ0) is 22.3. The largest absolute Gasteiger partial charge is 0.463 e. The third-order valence-corrected chi connectivity index (χ3v) is 5.20. The Morgan fingerprint density at radius 3 is 2.13 bits per heavy atom. The quantitative estimate of drug-likeness (QED) is 0.330. The molecular weight excluding hydrogens is 365 g/mol. The molecule has 0 saturated heterocycles. The van der Waals surface area contributed by atoms with Gasteiger partial charge in [-0.05, 0) is 69.3 Å². The zero-order valence-corrected chi connectivity index (χ0v) is 18.9. The van der Waals surface area contributed by atoms with E-state index >= 15 is 0 Å². The molecule has 0 saturated carbocycles. The van der Waals surface area contributed by atoms with E-state index in [0.717, 1.165) is 39.6 Å². The third kappa shape index (κ3) is 4.06. The standard InChI is InChI=1S/C27H32BNO/c1-9-16-19-21(12-4)29-24(13-5)23(18-11-3)28-22(17-10-2)20(8)30-26(15-7)27(28)25(29)14-6/h9-19H,1,5,7H2,2-4,6,8H3/b17-10-,18-11-,19-16-,21-12+,25-14+. The first-order chi connectivity index (χ1) is 14.5. The molecule has 0 N–H and O–H groups in total. The monoisotopic (exact) mass is 397 g/mol. The third-order valence-electron chi connectivity index (χ3n) is 5.20. The number of fused-ring (bicyclic) bond motifs is 1. The molecule has 2 heterocycles. The van der Waals surface area contributed by atoms with Gasteiger partial charge in [0, 0.05) is 17.1 Å². The number of ether oxygens (including phenoxy) is 1. The molecule has 154 valence electrons. The molecule has 0 spiro atoms. The van der Waals surface area contributed by atoms with Gasteiger partial charge in [-0.3, -0.25) is 0 Å². The van der Waals surface area contributed by atoms with E-state index in [1.165, 1.54) is 5.47 Å². The van der Waals surface area contributed by atoms with Crippen LogP contribution in [0.4, 0.5) is 0 Å². The molecule has 0 radical (unpaired) electrons. The van der Waals surface area contributed by atoms with Crippen molar-refractivity contribution < 1.29 is 4.74 Å². The van der Waals surface area contributed by atoms with Crippen LogP contribution in [0.15, 0.2) is 132 Å². The molecule has 0 bridgehead atoms. The molecule has 0 atom stereocenters. The van der Waals surface area contributed by atoms with Gasteiger partial charge in [0.15, 0.2) is 0 Å². The maximum atomic E-state index is 6.24. The normalized spacial score (nSPS) is 19.5. The van der Waals surface area contributed by atoms with E-state index in [-0.39, 0.29) is 6.71 Å². The van der Waals surface area contributed by atoms with Gasteiger partial charge in [0.25, 0.3) is 6.71 Å². The molecule has 0 fully saturated rings. The van der Waals surface area contributed by atoms with Crippen molar-refractivity contribution in [1.82, 2.24) is 4.90 Å². The van der Waals surface area contributed by atoms with Crippen LogP contribution in [-0.4, -0.2) is 11.6 Å². The summed E-state index contributed by atoms with van der Waals surface area (Å²) in [5, 5.41) is 0. The summed E-state index contributed by atoms with van der Waals surface area (Å²) in [6, 6.07) is 0. The van der Waals surface area contributed by atoms with Crippen molar-refractivity contribution in [3.63, 3.8) is 0 Å². The molecule has 0 amide bonds. The molecule has 0 aliphatic carbocycles. The molecule has 2 aliphatic rings. The second-order valence-corrected chi connectivity index (χ2v) is 6.89. The number of hydrogen-bond donors (Lipinski definition) is 0. The van der Waals surface area contributed by atoms with Crippen molar-refractivity contribution in [2.45, 2.75) is 34.6 Å². The lowest BCUT2D eigenvalue weighted by molar-refractivity contribution is 0.314. The fourth-order valence-electron chi connectivity index (χ4n) is 4.05. The van der Waals surface area contributed by atoms with Crippen LogP contribution < -0.4 is 0 Å². The molecule has 0 aromatic carbocycles. The summed E-state index contributed by atoms with van der Waals surface area (Å²) < 4.78 is 6.24. The van der Waals surface area contributed by atoms with Crippen molar-refractivity contribution in [3.05, 3.63) is 132 Å². The van der Waals surface area contributed by atoms with E-state index in [9.17, 15) is 0 Å². The second kappa shape index (κ2) is 10.5. The summed E-state index contributed by atoms with van der Waals surface area (Å²) in [7, 11) is 0. The Morgan fingerprint density at radius 1 is 0.967 bits per heavy atom. The van der Waals surface area contributed by atoms with E-state index < -0.39 is 0 Å². The minimum atomic E-state index is 0.0380. The van der Waals surface area contributed by atoms with Crippen molar-refractivity contribution in [3.8, 4) is 0 Å². The molecule has 0 aromatic rings. The van der Waals surface area contributed by atoms with Crippen LogP contribution in [-0.2, 0) is 4.74 Å². The predicted octanol–water partition coefficient (Wildman–Crippen LogP) is 7.30. The molecule has 30 heavy (non-hydrogen) atoms. The highest BCUT2D eigenvalue weighted by molar-refractivity contribution is 6.83. The van der Waals surface area contributed by atoms with Gasteiger partial charge in [0.1, 0.15) is 5.76 Å². The van der Waals surface area contributed by atoms with Crippen molar-refractivity contribution in [2.75, 3.05) is 0 Å². The van der Waals surface area contributed by atoms with Crippen LogP contribution in [0.25, 0.3) is 0 Å². The Labute approximate surface area is 182 Å². The second-order valence-electron chi connectivity index (χ2n) is 6.89. The Balaban J connectivity index is 3.02. The molecule has 2 aliphatic heterocycles. The summed E-state index contributed by atoms with van der Waals surface area (Å²) in [6.07, 6.45) is 22.2. The van der Waals surface area contributed by atoms with Crippen molar-refractivity contribution >= 4 is 6.71 Å². The van der Waals surface area contributed by atoms with Gasteiger partial charge in [-0.25, -0.2) is 0 Å². The van der Waals surface area contributed by atoms with Crippen molar-refractivity contribution in [2.24, 2.45) is 0 Å². The summed E-state index contributed by atoms with van der Waals surface area (Å²) in [6.45, 7) is 22.2. The van der Waals surface area contributed by atoms with Gasteiger partial charge in [-0.2, -0.15) is 0 Å². The SMILES string of the molecule is C=C/C=C\C(=C/C)N1C(C=C)=C(/C=C\C)B2C(/C=C\C)=C(C)OC(C=C)=C2/C1=C\C. The summed E-state index contributed by atoms with van der Waals surface area (Å²) in [5.41, 5.74) is 6.58. The van der Waals surface area contributed by atoms with Gasteiger partial charge in [0.05, 0.1) is 5.76 Å². The first-order valence-electron chi connectivity index (χ1n) is 10.3. The lowest BCUT2D eigenvalue weighted by atomic mass is 9.32. The van der Waals surface area contributed by atoms with Gasteiger partial charge >= 0.3 is 0 Å². The molecular formula is C27H32BNO. The average Bonchev–Trinajstić information content (AvgIpc) is 2.76. The molecule has 3 heteroatoms. The fraction of sp³-hybridized carbons (Fsp3) is 0.185. The Hall–Kier alpha value is -3.20. The Morgan fingerprint density at radius 2 is 1.63 bits per heavy atom. The molecule has 2 nitrogen and oxygen atoms in total. The molecule has 2 rings (SSSR count). The minimum Gasteiger partial charge on any atom is -0.463 e. The van der Waals surface area contributed by atoms with Crippen LogP contribution in [0, 0.1) is 0 Å². The lowest BCUT2D eigenvalue weighted by Crippen LogP contribution is -2.40. The maximum Gasteiger partial charge on any atom is 0.255 e. The predicted molar refractivity (Wildman–Crippen MR) is 132 cm³/mol. The first kappa shape index (κ1) is 23.1. The summed E-state index contributed by atoms with van der Waals surface area (Å²) >= 11 is 0.